The quantitative estimate of drug-likeness (QED) is 0.545. The molecule has 2 aromatic carbocycles. The fourth-order valence-corrected chi connectivity index (χ4v) is 5.80. The van der Waals surface area contributed by atoms with E-state index in [0.29, 0.717) is 52.0 Å². The summed E-state index contributed by atoms with van der Waals surface area (Å²) in [5, 5.41) is 2.52. The fourth-order valence-electron chi connectivity index (χ4n) is 3.46. The number of methoxy groups -OCH3 is 1. The number of sulfone groups is 1. The minimum Gasteiger partial charge on any atom is -0.493 e. The summed E-state index contributed by atoms with van der Waals surface area (Å²) in [5.74, 6) is -0.622. The molecule has 3 rings (SSSR count). The maximum atomic E-state index is 14.0. The van der Waals surface area contributed by atoms with E-state index in [0.717, 1.165) is 0 Å². The van der Waals surface area contributed by atoms with Crippen LogP contribution in [0.15, 0.2) is 39.7 Å². The molecule has 1 aliphatic rings. The van der Waals surface area contributed by atoms with Crippen molar-refractivity contribution in [3.8, 4) is 5.75 Å². The van der Waals surface area contributed by atoms with Crippen molar-refractivity contribution in [1.29, 1.82) is 0 Å². The third-order valence-corrected chi connectivity index (χ3v) is 7.83. The molecule has 1 fully saturated rings. The van der Waals surface area contributed by atoms with Gasteiger partial charge in [0.25, 0.3) is 0 Å². The number of nitrogens with zero attached hydrogens (tertiary/aromatic N) is 1. The number of ether oxygens (including phenoxy) is 1. The van der Waals surface area contributed by atoms with E-state index in [4.69, 9.17) is 4.74 Å². The Morgan fingerprint density at radius 1 is 1.23 bits per heavy atom. The second kappa shape index (κ2) is 9.67. The van der Waals surface area contributed by atoms with Gasteiger partial charge in [-0.25, -0.2) is 12.8 Å². The standard InChI is InChI=1S/C22H26BrFN2O4S/c1-26(2)13-15-11-17(5-8-20(15)31(28,29)18-6-7-18)25-21(27)9-4-14-10-16(23)12-19(24)22(14)30-3/h5,8,10-12,18H,4,6-7,9,13H2,1-3H3,(H,25,27). The first-order valence-corrected chi connectivity index (χ1v) is 12.3. The zero-order valence-corrected chi connectivity index (χ0v) is 20.1. The molecule has 0 unspecified atom stereocenters. The van der Waals surface area contributed by atoms with Crippen LogP contribution in [0.1, 0.15) is 30.4 Å². The highest BCUT2D eigenvalue weighted by Crippen LogP contribution is 2.36. The van der Waals surface area contributed by atoms with E-state index >= 15 is 0 Å². The second-order valence-electron chi connectivity index (χ2n) is 7.93. The molecule has 0 radical (unpaired) electrons. The summed E-state index contributed by atoms with van der Waals surface area (Å²) >= 11 is 3.25. The summed E-state index contributed by atoms with van der Waals surface area (Å²) in [5.41, 5.74) is 1.78. The number of carbonyl (C=O) groups is 1. The SMILES string of the molecule is COc1c(F)cc(Br)cc1CCC(=O)Nc1ccc(S(=O)(=O)C2CC2)c(CN(C)C)c1. The summed E-state index contributed by atoms with van der Waals surface area (Å²) in [4.78, 5) is 14.7. The Kier molecular flexibility index (Phi) is 7.39. The van der Waals surface area contributed by atoms with E-state index in [1.54, 1.807) is 24.3 Å². The molecule has 168 valence electrons. The lowest BCUT2D eigenvalue weighted by Gasteiger charge is -2.16. The molecule has 1 amide bonds. The minimum absolute atomic E-state index is 0.122. The second-order valence-corrected chi connectivity index (χ2v) is 11.0. The smallest absolute Gasteiger partial charge is 0.224 e. The van der Waals surface area contributed by atoms with Crippen molar-refractivity contribution in [2.45, 2.75) is 42.4 Å². The highest BCUT2D eigenvalue weighted by atomic mass is 79.9. The van der Waals surface area contributed by atoms with Crippen molar-refractivity contribution < 1.29 is 22.3 Å². The molecular formula is C22H26BrFN2O4S. The summed E-state index contributed by atoms with van der Waals surface area (Å²) in [6, 6.07) is 7.95. The van der Waals surface area contributed by atoms with Crippen molar-refractivity contribution in [2.24, 2.45) is 0 Å². The first kappa shape index (κ1) is 23.7. The van der Waals surface area contributed by atoms with Crippen molar-refractivity contribution in [1.82, 2.24) is 4.90 Å². The molecule has 1 aliphatic carbocycles. The van der Waals surface area contributed by atoms with Gasteiger partial charge in [-0.3, -0.25) is 4.79 Å². The van der Waals surface area contributed by atoms with Crippen LogP contribution in [0.4, 0.5) is 10.1 Å². The van der Waals surface area contributed by atoms with Gasteiger partial charge in [-0.1, -0.05) is 15.9 Å². The molecule has 0 bridgehead atoms. The monoisotopic (exact) mass is 512 g/mol. The number of benzene rings is 2. The number of hydrogen-bond donors (Lipinski definition) is 1. The van der Waals surface area contributed by atoms with Crippen molar-refractivity contribution in [3.63, 3.8) is 0 Å². The summed E-state index contributed by atoms with van der Waals surface area (Å²) in [6.07, 6.45) is 1.81. The number of rotatable bonds is 9. The van der Waals surface area contributed by atoms with Gasteiger partial charge < -0.3 is 15.0 Å². The normalized spacial score (nSPS) is 14.0. The molecule has 0 heterocycles. The number of anilines is 1. The highest BCUT2D eigenvalue weighted by molar-refractivity contribution is 9.10. The molecule has 0 saturated heterocycles. The van der Waals surface area contributed by atoms with Gasteiger partial charge in [-0.2, -0.15) is 0 Å². The highest BCUT2D eigenvalue weighted by Gasteiger charge is 2.38. The molecule has 0 aliphatic heterocycles. The summed E-state index contributed by atoms with van der Waals surface area (Å²) < 4.78 is 45.2. The van der Waals surface area contributed by atoms with E-state index < -0.39 is 15.7 Å². The average molecular weight is 513 g/mol. The van der Waals surface area contributed by atoms with E-state index in [-0.39, 0.29) is 23.3 Å². The predicted molar refractivity (Wildman–Crippen MR) is 122 cm³/mol. The fraction of sp³-hybridized carbons (Fsp3) is 0.409. The van der Waals surface area contributed by atoms with Gasteiger partial charge in [0, 0.05) is 23.1 Å². The lowest BCUT2D eigenvalue weighted by molar-refractivity contribution is -0.116. The van der Waals surface area contributed by atoms with Gasteiger partial charge in [0.1, 0.15) is 0 Å². The van der Waals surface area contributed by atoms with Gasteiger partial charge in [0.15, 0.2) is 21.4 Å². The zero-order valence-electron chi connectivity index (χ0n) is 17.7. The van der Waals surface area contributed by atoms with Crippen LogP contribution in [0, 0.1) is 5.82 Å². The molecule has 6 nitrogen and oxygen atoms in total. The van der Waals surface area contributed by atoms with Crippen LogP contribution in [0.25, 0.3) is 0 Å². The lowest BCUT2D eigenvalue weighted by Crippen LogP contribution is -2.18. The van der Waals surface area contributed by atoms with Crippen LogP contribution in [0.2, 0.25) is 0 Å². The molecule has 9 heteroatoms. The Balaban J connectivity index is 1.74. The lowest BCUT2D eigenvalue weighted by atomic mass is 10.1. The summed E-state index contributed by atoms with van der Waals surface area (Å²) in [6.45, 7) is 0.444. The van der Waals surface area contributed by atoms with Gasteiger partial charge in [0.2, 0.25) is 5.91 Å². The number of carbonyl (C=O) groups excluding carboxylic acids is 1. The Hall–Kier alpha value is -1.97. The third kappa shape index (κ3) is 5.84. The average Bonchev–Trinajstić information content (AvgIpc) is 3.51. The van der Waals surface area contributed by atoms with Crippen molar-refractivity contribution in [2.75, 3.05) is 26.5 Å². The van der Waals surface area contributed by atoms with Gasteiger partial charge >= 0.3 is 0 Å². The van der Waals surface area contributed by atoms with E-state index in [9.17, 15) is 17.6 Å². The Morgan fingerprint density at radius 2 is 1.94 bits per heavy atom. The van der Waals surface area contributed by atoms with Crippen molar-refractivity contribution >= 4 is 37.4 Å². The van der Waals surface area contributed by atoms with Crippen LogP contribution in [0.3, 0.4) is 0 Å². The molecular weight excluding hydrogens is 487 g/mol. The van der Waals surface area contributed by atoms with E-state index in [1.165, 1.54) is 13.2 Å². The van der Waals surface area contributed by atoms with Gasteiger partial charge in [-0.15, -0.1) is 0 Å². The number of halogens is 2. The van der Waals surface area contributed by atoms with Crippen LogP contribution in [-0.4, -0.2) is 45.7 Å². The van der Waals surface area contributed by atoms with E-state index in [1.807, 2.05) is 19.0 Å². The molecule has 0 atom stereocenters. The van der Waals surface area contributed by atoms with Crippen LogP contribution >= 0.6 is 15.9 Å². The van der Waals surface area contributed by atoms with E-state index in [2.05, 4.69) is 21.2 Å². The maximum Gasteiger partial charge on any atom is 0.224 e. The Labute approximate surface area is 190 Å². The molecule has 1 N–H and O–H groups in total. The van der Waals surface area contributed by atoms with Crippen LogP contribution in [0.5, 0.6) is 5.75 Å². The predicted octanol–water partition coefficient (Wildman–Crippen LogP) is 4.17. The Morgan fingerprint density at radius 3 is 2.55 bits per heavy atom. The Bertz CT molecular complexity index is 1090. The maximum absolute atomic E-state index is 14.0. The third-order valence-electron chi connectivity index (χ3n) is 5.01. The first-order valence-electron chi connectivity index (χ1n) is 9.95. The minimum atomic E-state index is -3.34. The first-order chi connectivity index (χ1) is 14.6. The van der Waals surface area contributed by atoms with Crippen molar-refractivity contribution in [3.05, 3.63) is 51.7 Å². The summed E-state index contributed by atoms with van der Waals surface area (Å²) in [7, 11) is 1.77. The molecule has 1 saturated carbocycles. The molecule has 31 heavy (non-hydrogen) atoms. The van der Waals surface area contributed by atoms with Crippen LogP contribution < -0.4 is 10.1 Å². The number of amides is 1. The molecule has 2 aromatic rings. The largest absolute Gasteiger partial charge is 0.493 e. The number of aryl methyl sites for hydroxylation is 1. The van der Waals surface area contributed by atoms with Gasteiger partial charge in [0.05, 0.1) is 17.3 Å². The zero-order chi connectivity index (χ0) is 22.8. The number of nitrogens with one attached hydrogen (secondary N) is 1. The van der Waals surface area contributed by atoms with Crippen LogP contribution in [-0.2, 0) is 27.6 Å². The molecule has 0 spiro atoms. The topological polar surface area (TPSA) is 75.7 Å². The molecule has 0 aromatic heterocycles. The number of hydrogen-bond acceptors (Lipinski definition) is 5. The van der Waals surface area contributed by atoms with Gasteiger partial charge in [-0.05, 0) is 74.8 Å².